The largest absolute Gasteiger partial charge is 0.367 e. The van der Waals surface area contributed by atoms with E-state index in [4.69, 9.17) is 0 Å². The van der Waals surface area contributed by atoms with Crippen molar-refractivity contribution in [3.63, 3.8) is 0 Å². The fourth-order valence-corrected chi connectivity index (χ4v) is 3.63. The summed E-state index contributed by atoms with van der Waals surface area (Å²) in [7, 11) is 0. The van der Waals surface area contributed by atoms with Crippen LogP contribution in [0.1, 0.15) is 18.4 Å². The number of nitrogens with one attached hydrogen (secondary N) is 1. The van der Waals surface area contributed by atoms with Crippen LogP contribution < -0.4 is 5.32 Å². The van der Waals surface area contributed by atoms with Crippen LogP contribution in [0.4, 0.5) is 5.82 Å². The van der Waals surface area contributed by atoms with E-state index in [0.717, 1.165) is 17.9 Å². The third-order valence-corrected chi connectivity index (χ3v) is 5.86. The predicted molar refractivity (Wildman–Crippen MR) is 76.1 cm³/mol. The molecule has 5 heteroatoms. The molecule has 90 valence electrons. The van der Waals surface area contributed by atoms with Gasteiger partial charge in [-0.2, -0.15) is 11.8 Å². The highest BCUT2D eigenvalue weighted by molar-refractivity contribution is 8.00. The smallest absolute Gasteiger partial charge is 0.147 e. The molecule has 0 saturated heterocycles. The van der Waals surface area contributed by atoms with E-state index in [-0.39, 0.29) is 0 Å². The van der Waals surface area contributed by atoms with Crippen molar-refractivity contribution in [3.05, 3.63) is 17.3 Å². The van der Waals surface area contributed by atoms with Crippen LogP contribution in [0.2, 0.25) is 0 Å². The van der Waals surface area contributed by atoms with Gasteiger partial charge in [0.25, 0.3) is 0 Å². The third kappa shape index (κ3) is 2.02. The van der Waals surface area contributed by atoms with Crippen molar-refractivity contribution in [2.75, 3.05) is 18.1 Å². The summed E-state index contributed by atoms with van der Waals surface area (Å²) in [5.41, 5.74) is 2.32. The summed E-state index contributed by atoms with van der Waals surface area (Å²) < 4.78 is 1.64. The predicted octanol–water partition coefficient (Wildman–Crippen LogP) is 3.31. The molecule has 2 aromatic rings. The Hall–Kier alpha value is -0.810. The van der Waals surface area contributed by atoms with Crippen LogP contribution in [-0.4, -0.2) is 27.5 Å². The van der Waals surface area contributed by atoms with E-state index in [1.54, 1.807) is 17.7 Å². The molecule has 2 aromatic heterocycles. The van der Waals surface area contributed by atoms with E-state index in [2.05, 4.69) is 33.8 Å². The van der Waals surface area contributed by atoms with Crippen LogP contribution in [0.5, 0.6) is 0 Å². The van der Waals surface area contributed by atoms with Gasteiger partial charge in [-0.1, -0.05) is 0 Å². The standard InChI is InChI=1S/C12H15N3S2/c1-8-5-17-10-9(8)14-7-15-11(10)13-6-12(16-2)3-4-12/h5,7H,3-4,6H2,1-2H3,(H,13,14,15). The number of hydrogen-bond donors (Lipinski definition) is 1. The van der Waals surface area contributed by atoms with Gasteiger partial charge in [-0.3, -0.25) is 0 Å². The molecule has 0 bridgehead atoms. The molecule has 2 heterocycles. The lowest BCUT2D eigenvalue weighted by molar-refractivity contribution is 0.941. The number of thioether (sulfide) groups is 1. The van der Waals surface area contributed by atoms with Crippen molar-refractivity contribution in [2.45, 2.75) is 24.5 Å². The van der Waals surface area contributed by atoms with Crippen molar-refractivity contribution < 1.29 is 0 Å². The first-order valence-electron chi connectivity index (χ1n) is 5.72. The van der Waals surface area contributed by atoms with E-state index in [9.17, 15) is 0 Å². The summed E-state index contributed by atoms with van der Waals surface area (Å²) >= 11 is 3.69. The zero-order valence-electron chi connectivity index (χ0n) is 9.99. The number of hydrogen-bond acceptors (Lipinski definition) is 5. The Bertz CT molecular complexity index is 546. The molecular weight excluding hydrogens is 250 g/mol. The molecular formula is C12H15N3S2. The van der Waals surface area contributed by atoms with Gasteiger partial charge in [-0.25, -0.2) is 9.97 Å². The van der Waals surface area contributed by atoms with E-state index in [1.807, 2.05) is 11.8 Å². The molecule has 0 amide bonds. The SMILES string of the molecule is CSC1(CNc2ncnc3c(C)csc23)CC1. The monoisotopic (exact) mass is 265 g/mol. The number of nitrogens with zero attached hydrogens (tertiary/aromatic N) is 2. The van der Waals surface area contributed by atoms with E-state index < -0.39 is 0 Å². The lowest BCUT2D eigenvalue weighted by Crippen LogP contribution is -2.18. The second-order valence-corrected chi connectivity index (χ2v) is 6.71. The molecule has 0 radical (unpaired) electrons. The fraction of sp³-hybridized carbons (Fsp3) is 0.500. The first kappa shape index (κ1) is 11.3. The molecule has 3 rings (SSSR count). The number of aromatic nitrogens is 2. The summed E-state index contributed by atoms with van der Waals surface area (Å²) in [4.78, 5) is 8.70. The van der Waals surface area contributed by atoms with Crippen molar-refractivity contribution in [3.8, 4) is 0 Å². The van der Waals surface area contributed by atoms with Crippen LogP contribution in [0.25, 0.3) is 10.2 Å². The molecule has 1 aliphatic carbocycles. The number of fused-ring (bicyclic) bond motifs is 1. The fourth-order valence-electron chi connectivity index (χ4n) is 1.93. The van der Waals surface area contributed by atoms with E-state index >= 15 is 0 Å². The Morgan fingerprint density at radius 1 is 1.47 bits per heavy atom. The number of anilines is 1. The molecule has 1 aliphatic rings. The Morgan fingerprint density at radius 3 is 3.00 bits per heavy atom. The van der Waals surface area contributed by atoms with Crippen molar-refractivity contribution >= 4 is 39.1 Å². The lowest BCUT2D eigenvalue weighted by atomic mass is 10.3. The zero-order valence-corrected chi connectivity index (χ0v) is 11.6. The molecule has 0 spiro atoms. The summed E-state index contributed by atoms with van der Waals surface area (Å²) in [6, 6.07) is 0. The molecule has 3 nitrogen and oxygen atoms in total. The molecule has 0 aliphatic heterocycles. The van der Waals surface area contributed by atoms with E-state index in [1.165, 1.54) is 23.1 Å². The van der Waals surface area contributed by atoms with Gasteiger partial charge < -0.3 is 5.32 Å². The van der Waals surface area contributed by atoms with Crippen molar-refractivity contribution in [2.24, 2.45) is 0 Å². The highest BCUT2D eigenvalue weighted by Gasteiger charge is 2.41. The molecule has 0 aromatic carbocycles. The molecule has 1 N–H and O–H groups in total. The van der Waals surface area contributed by atoms with Gasteiger partial charge in [-0.15, -0.1) is 11.3 Å². The maximum absolute atomic E-state index is 4.36. The van der Waals surface area contributed by atoms with Gasteiger partial charge in [0.2, 0.25) is 0 Å². The van der Waals surface area contributed by atoms with E-state index in [0.29, 0.717) is 4.75 Å². The quantitative estimate of drug-likeness (QED) is 0.920. The van der Waals surface area contributed by atoms with Crippen molar-refractivity contribution in [1.82, 2.24) is 9.97 Å². The molecule has 17 heavy (non-hydrogen) atoms. The summed E-state index contributed by atoms with van der Waals surface area (Å²) in [5.74, 6) is 0.994. The molecule has 1 fully saturated rings. The van der Waals surface area contributed by atoms with Crippen LogP contribution in [0.15, 0.2) is 11.7 Å². The summed E-state index contributed by atoms with van der Waals surface area (Å²) in [6.07, 6.45) is 6.49. The van der Waals surface area contributed by atoms with Gasteiger partial charge >= 0.3 is 0 Å². The van der Waals surface area contributed by atoms with Gasteiger partial charge in [0, 0.05) is 11.3 Å². The third-order valence-electron chi connectivity index (χ3n) is 3.35. The highest BCUT2D eigenvalue weighted by atomic mass is 32.2. The Kier molecular flexibility index (Phi) is 2.75. The average molecular weight is 265 g/mol. The van der Waals surface area contributed by atoms with Crippen molar-refractivity contribution in [1.29, 1.82) is 0 Å². The Labute approximate surface area is 109 Å². The molecule has 1 saturated carbocycles. The maximum Gasteiger partial charge on any atom is 0.147 e. The second kappa shape index (κ2) is 4.14. The molecule has 0 unspecified atom stereocenters. The summed E-state index contributed by atoms with van der Waals surface area (Å²) in [6.45, 7) is 3.11. The highest BCUT2D eigenvalue weighted by Crippen LogP contribution is 2.47. The normalized spacial score (nSPS) is 17.3. The minimum Gasteiger partial charge on any atom is -0.367 e. The minimum absolute atomic E-state index is 0.462. The summed E-state index contributed by atoms with van der Waals surface area (Å²) in [5, 5.41) is 5.64. The maximum atomic E-state index is 4.36. The average Bonchev–Trinajstić information content (AvgIpc) is 3.05. The number of thiophene rings is 1. The first-order chi connectivity index (χ1) is 8.24. The van der Waals surface area contributed by atoms with Crippen LogP contribution in [0.3, 0.4) is 0 Å². The van der Waals surface area contributed by atoms with Gasteiger partial charge in [-0.05, 0) is 37.0 Å². The number of rotatable bonds is 4. The Morgan fingerprint density at radius 2 is 2.29 bits per heavy atom. The Balaban J connectivity index is 1.85. The first-order valence-corrected chi connectivity index (χ1v) is 7.82. The van der Waals surface area contributed by atoms with Gasteiger partial charge in [0.15, 0.2) is 0 Å². The topological polar surface area (TPSA) is 37.8 Å². The second-order valence-electron chi connectivity index (χ2n) is 4.56. The molecule has 0 atom stereocenters. The van der Waals surface area contributed by atoms with Crippen LogP contribution in [0, 0.1) is 6.92 Å². The van der Waals surface area contributed by atoms with Gasteiger partial charge in [0.05, 0.1) is 10.2 Å². The van der Waals surface area contributed by atoms with Gasteiger partial charge in [0.1, 0.15) is 12.1 Å². The zero-order chi connectivity index (χ0) is 11.9. The number of aryl methyl sites for hydroxylation is 1. The van der Waals surface area contributed by atoms with Crippen LogP contribution in [-0.2, 0) is 0 Å². The minimum atomic E-state index is 0.462. The van der Waals surface area contributed by atoms with Crippen LogP contribution >= 0.6 is 23.1 Å². The lowest BCUT2D eigenvalue weighted by Gasteiger charge is -2.13.